The first-order valence-corrected chi connectivity index (χ1v) is 5.88. The highest BCUT2D eigenvalue weighted by Crippen LogP contribution is 2.39. The molecule has 16 heavy (non-hydrogen) atoms. The topological polar surface area (TPSA) is 15.3 Å². The number of nitrogens with zero attached hydrogens (tertiary/aromatic N) is 1. The monoisotopic (exact) mass is 222 g/mol. The smallest absolute Gasteiger partial charge is 0.128 e. The minimum Gasteiger partial charge on any atom is -0.374 e. The van der Waals surface area contributed by atoms with E-state index in [2.05, 4.69) is 10.2 Å². The molecule has 1 N–H and O–H groups in total. The van der Waals surface area contributed by atoms with Gasteiger partial charge in [0.15, 0.2) is 0 Å². The van der Waals surface area contributed by atoms with Crippen LogP contribution in [0.1, 0.15) is 24.3 Å². The zero-order valence-electron chi connectivity index (χ0n) is 9.96. The molecule has 0 fully saturated rings. The first kappa shape index (κ1) is 11.4. The second kappa shape index (κ2) is 4.83. The molecule has 1 aliphatic heterocycles. The molecule has 1 aliphatic rings. The van der Waals surface area contributed by atoms with E-state index in [1.54, 1.807) is 12.1 Å². The van der Waals surface area contributed by atoms with E-state index in [1.807, 2.05) is 20.2 Å². The van der Waals surface area contributed by atoms with Gasteiger partial charge in [-0.1, -0.05) is 6.07 Å². The molecule has 1 aromatic carbocycles. The molecule has 0 saturated carbocycles. The van der Waals surface area contributed by atoms with Crippen molar-refractivity contribution in [3.8, 4) is 0 Å². The minimum atomic E-state index is -0.0451. The van der Waals surface area contributed by atoms with Crippen LogP contribution in [0.15, 0.2) is 18.2 Å². The molecule has 2 nitrogen and oxygen atoms in total. The zero-order chi connectivity index (χ0) is 11.5. The maximum Gasteiger partial charge on any atom is 0.128 e. The number of benzene rings is 1. The molecule has 0 radical (unpaired) electrons. The van der Waals surface area contributed by atoms with E-state index in [1.165, 1.54) is 0 Å². The highest BCUT2D eigenvalue weighted by Gasteiger charge is 2.28. The van der Waals surface area contributed by atoms with E-state index in [4.69, 9.17) is 0 Å². The van der Waals surface area contributed by atoms with Crippen molar-refractivity contribution in [2.24, 2.45) is 0 Å². The highest BCUT2D eigenvalue weighted by atomic mass is 19.1. The summed E-state index contributed by atoms with van der Waals surface area (Å²) in [6.07, 6.45) is 2.15. The van der Waals surface area contributed by atoms with Gasteiger partial charge < -0.3 is 10.2 Å². The lowest BCUT2D eigenvalue weighted by atomic mass is 9.96. The van der Waals surface area contributed by atoms with Crippen molar-refractivity contribution in [2.75, 3.05) is 32.1 Å². The first-order valence-electron chi connectivity index (χ1n) is 5.88. The molecular formula is C13H19FN2. The van der Waals surface area contributed by atoms with E-state index in [9.17, 15) is 4.39 Å². The Morgan fingerprint density at radius 1 is 1.50 bits per heavy atom. The van der Waals surface area contributed by atoms with Crippen molar-refractivity contribution < 1.29 is 4.39 Å². The van der Waals surface area contributed by atoms with E-state index in [0.29, 0.717) is 5.92 Å². The number of anilines is 1. The van der Waals surface area contributed by atoms with Gasteiger partial charge in [-0.25, -0.2) is 4.39 Å². The second-order valence-corrected chi connectivity index (χ2v) is 4.50. The van der Waals surface area contributed by atoms with Crippen LogP contribution in [-0.2, 0) is 0 Å². The van der Waals surface area contributed by atoms with Gasteiger partial charge in [-0.15, -0.1) is 0 Å². The largest absolute Gasteiger partial charge is 0.374 e. The molecule has 0 aromatic heterocycles. The van der Waals surface area contributed by atoms with Crippen LogP contribution < -0.4 is 10.2 Å². The van der Waals surface area contributed by atoms with Gasteiger partial charge in [0.25, 0.3) is 0 Å². The summed E-state index contributed by atoms with van der Waals surface area (Å²) in [7, 11) is 3.99. The fourth-order valence-electron chi connectivity index (χ4n) is 2.54. The number of halogens is 1. The van der Waals surface area contributed by atoms with Crippen LogP contribution in [0, 0.1) is 5.82 Å². The van der Waals surface area contributed by atoms with Crippen LogP contribution >= 0.6 is 0 Å². The van der Waals surface area contributed by atoms with E-state index < -0.39 is 0 Å². The third-order valence-electron chi connectivity index (χ3n) is 3.32. The Kier molecular flexibility index (Phi) is 3.44. The van der Waals surface area contributed by atoms with Gasteiger partial charge in [0, 0.05) is 30.8 Å². The summed E-state index contributed by atoms with van der Waals surface area (Å²) < 4.78 is 13.8. The molecule has 88 valence electrons. The average Bonchev–Trinajstić information content (AvgIpc) is 2.58. The summed E-state index contributed by atoms with van der Waals surface area (Å²) in [6.45, 7) is 1.95. The number of nitrogens with one attached hydrogen (secondary N) is 1. The SMILES string of the molecule is CNCCCC1CN(C)c2cccc(F)c21. The minimum absolute atomic E-state index is 0.0451. The predicted octanol–water partition coefficient (Wildman–Crippen LogP) is 2.36. The lowest BCUT2D eigenvalue weighted by Crippen LogP contribution is -2.16. The van der Waals surface area contributed by atoms with Crippen molar-refractivity contribution in [2.45, 2.75) is 18.8 Å². The Morgan fingerprint density at radius 2 is 2.31 bits per heavy atom. The Bertz CT molecular complexity index is 365. The lowest BCUT2D eigenvalue weighted by molar-refractivity contribution is 0.554. The molecule has 2 rings (SSSR count). The molecule has 0 spiro atoms. The second-order valence-electron chi connectivity index (χ2n) is 4.50. The van der Waals surface area contributed by atoms with Crippen molar-refractivity contribution >= 4 is 5.69 Å². The Morgan fingerprint density at radius 3 is 3.06 bits per heavy atom. The van der Waals surface area contributed by atoms with E-state index in [0.717, 1.165) is 37.2 Å². The maximum absolute atomic E-state index is 13.8. The van der Waals surface area contributed by atoms with Gasteiger partial charge in [0.05, 0.1) is 0 Å². The third-order valence-corrected chi connectivity index (χ3v) is 3.32. The fraction of sp³-hybridized carbons (Fsp3) is 0.538. The molecule has 0 amide bonds. The van der Waals surface area contributed by atoms with E-state index >= 15 is 0 Å². The first-order chi connectivity index (χ1) is 7.74. The summed E-state index contributed by atoms with van der Waals surface area (Å²) >= 11 is 0. The highest BCUT2D eigenvalue weighted by molar-refractivity contribution is 5.60. The molecule has 1 atom stereocenters. The molecule has 0 aliphatic carbocycles. The summed E-state index contributed by atoms with van der Waals surface area (Å²) in [4.78, 5) is 2.16. The Hall–Kier alpha value is -1.09. The van der Waals surface area contributed by atoms with Crippen LogP contribution in [0.5, 0.6) is 0 Å². The number of likely N-dealkylation sites (N-methyl/N-ethyl adjacent to an activating group) is 1. The molecule has 0 bridgehead atoms. The van der Waals surface area contributed by atoms with Crippen LogP contribution in [0.4, 0.5) is 10.1 Å². The normalized spacial score (nSPS) is 18.9. The van der Waals surface area contributed by atoms with Crippen LogP contribution in [0.3, 0.4) is 0 Å². The van der Waals surface area contributed by atoms with Gasteiger partial charge >= 0.3 is 0 Å². The van der Waals surface area contributed by atoms with E-state index in [-0.39, 0.29) is 5.82 Å². The van der Waals surface area contributed by atoms with Gasteiger partial charge in [0.1, 0.15) is 5.82 Å². The van der Waals surface area contributed by atoms with Gasteiger partial charge in [-0.3, -0.25) is 0 Å². The van der Waals surface area contributed by atoms with Crippen molar-refractivity contribution in [1.82, 2.24) is 5.32 Å². The predicted molar refractivity (Wildman–Crippen MR) is 65.6 cm³/mol. The van der Waals surface area contributed by atoms with Crippen molar-refractivity contribution in [1.29, 1.82) is 0 Å². The van der Waals surface area contributed by atoms with Crippen LogP contribution in [-0.4, -0.2) is 27.2 Å². The lowest BCUT2D eigenvalue weighted by Gasteiger charge is -2.12. The maximum atomic E-state index is 13.8. The van der Waals surface area contributed by atoms with Crippen LogP contribution in [0.2, 0.25) is 0 Å². The Labute approximate surface area is 96.5 Å². The molecular weight excluding hydrogens is 203 g/mol. The Balaban J connectivity index is 2.15. The zero-order valence-corrected chi connectivity index (χ0v) is 9.96. The molecule has 1 heterocycles. The number of fused-ring (bicyclic) bond motifs is 1. The third kappa shape index (κ3) is 2.05. The summed E-state index contributed by atoms with van der Waals surface area (Å²) in [5.74, 6) is 0.311. The molecule has 1 unspecified atom stereocenters. The number of hydrogen-bond acceptors (Lipinski definition) is 2. The summed E-state index contributed by atoms with van der Waals surface area (Å²) in [6, 6.07) is 5.38. The quantitative estimate of drug-likeness (QED) is 0.787. The molecule has 1 aromatic rings. The molecule has 3 heteroatoms. The average molecular weight is 222 g/mol. The fourth-order valence-corrected chi connectivity index (χ4v) is 2.54. The van der Waals surface area contributed by atoms with Crippen molar-refractivity contribution in [3.63, 3.8) is 0 Å². The summed E-state index contributed by atoms with van der Waals surface area (Å²) in [5.41, 5.74) is 1.98. The van der Waals surface area contributed by atoms with Gasteiger partial charge in [-0.05, 0) is 38.6 Å². The summed E-state index contributed by atoms with van der Waals surface area (Å²) in [5, 5.41) is 3.13. The van der Waals surface area contributed by atoms with Gasteiger partial charge in [-0.2, -0.15) is 0 Å². The molecule has 0 saturated heterocycles. The van der Waals surface area contributed by atoms with Crippen LogP contribution in [0.25, 0.3) is 0 Å². The standard InChI is InChI=1S/C13H19FN2/c1-15-8-4-5-10-9-16(2)12-7-3-6-11(14)13(10)12/h3,6-7,10,15H,4-5,8-9H2,1-2H3. The van der Waals surface area contributed by atoms with Crippen molar-refractivity contribution in [3.05, 3.63) is 29.6 Å². The number of rotatable bonds is 4. The number of hydrogen-bond donors (Lipinski definition) is 1. The van der Waals surface area contributed by atoms with Gasteiger partial charge in [0.2, 0.25) is 0 Å².